The molecule has 2 aromatic rings. The normalized spacial score (nSPS) is 11.4. The van der Waals surface area contributed by atoms with Crippen molar-refractivity contribution in [1.29, 1.82) is 0 Å². The third kappa shape index (κ3) is 7.38. The molecule has 0 saturated carbocycles. The lowest BCUT2D eigenvalue weighted by Gasteiger charge is -2.13. The number of carbonyl (C=O) groups excluding carboxylic acids is 2. The van der Waals surface area contributed by atoms with Gasteiger partial charge in [-0.1, -0.05) is 41.9 Å². The van der Waals surface area contributed by atoms with E-state index in [1.54, 1.807) is 24.3 Å². The van der Waals surface area contributed by atoms with E-state index in [-0.39, 0.29) is 30.3 Å². The van der Waals surface area contributed by atoms with Gasteiger partial charge >= 0.3 is 0 Å². The van der Waals surface area contributed by atoms with Gasteiger partial charge in [0.25, 0.3) is 11.8 Å². The molecule has 6 nitrogen and oxygen atoms in total. The summed E-state index contributed by atoms with van der Waals surface area (Å²) in [6.07, 6.45) is -1.08. The van der Waals surface area contributed by atoms with Gasteiger partial charge in [-0.3, -0.25) is 9.59 Å². The largest absolute Gasteiger partial charge is 0.484 e. The van der Waals surface area contributed by atoms with E-state index in [2.05, 4.69) is 17.2 Å². The number of amides is 2. The molecular weight excluding hydrogens is 422 g/mol. The summed E-state index contributed by atoms with van der Waals surface area (Å²) < 4.78 is 18.5. The maximum absolute atomic E-state index is 13.3. The predicted octanol–water partition coefficient (Wildman–Crippen LogP) is 3.38. The Balaban J connectivity index is 1.69. The fraction of sp³-hybridized carbons (Fsp3) is 0.200. The van der Waals surface area contributed by atoms with Gasteiger partial charge in [-0.05, 0) is 29.8 Å². The average Bonchev–Trinajstić information content (AvgIpc) is 2.68. The molecule has 0 aromatic heterocycles. The standard InChI is InChI=1S/C20H19Cl2FN2O4/c1-12(25-18(26)11-29-15-6-7-16(22)17(23)10-15)8-9-24-20(28)19(27)13-2-4-14(21)5-3-13/h2-7,10,19,27H,1,8-9,11H2,(H,24,28)(H,25,26)/t19-/m1/s1. The number of aliphatic hydroxyl groups is 1. The Kier molecular flexibility index (Phi) is 8.45. The minimum absolute atomic E-state index is 0.0431. The van der Waals surface area contributed by atoms with Crippen LogP contribution in [-0.4, -0.2) is 30.1 Å². The summed E-state index contributed by atoms with van der Waals surface area (Å²) in [7, 11) is 0. The molecule has 0 bridgehead atoms. The Morgan fingerprint density at radius 1 is 1.17 bits per heavy atom. The Hall–Kier alpha value is -2.61. The molecular formula is C20H19Cl2FN2O4. The van der Waals surface area contributed by atoms with Crippen LogP contribution in [0.1, 0.15) is 18.1 Å². The molecule has 0 radical (unpaired) electrons. The molecule has 0 aliphatic rings. The molecule has 2 aromatic carbocycles. The van der Waals surface area contributed by atoms with Gasteiger partial charge < -0.3 is 20.5 Å². The molecule has 0 aliphatic heterocycles. The summed E-state index contributed by atoms with van der Waals surface area (Å²) >= 11 is 11.3. The van der Waals surface area contributed by atoms with Crippen LogP contribution in [0.2, 0.25) is 10.0 Å². The zero-order chi connectivity index (χ0) is 21.4. The first-order valence-corrected chi connectivity index (χ1v) is 9.28. The SMILES string of the molecule is C=C(CCNC(=O)[C@H](O)c1ccc(Cl)cc1)NC(=O)COc1ccc(Cl)c(F)c1. The first-order chi connectivity index (χ1) is 13.8. The van der Waals surface area contributed by atoms with Gasteiger partial charge in [-0.25, -0.2) is 4.39 Å². The molecule has 1 atom stereocenters. The summed E-state index contributed by atoms with van der Waals surface area (Å²) in [4.78, 5) is 23.8. The van der Waals surface area contributed by atoms with E-state index in [1.807, 2.05) is 0 Å². The molecule has 0 aliphatic carbocycles. The number of rotatable bonds is 9. The third-order valence-corrected chi connectivity index (χ3v) is 4.30. The van der Waals surface area contributed by atoms with E-state index in [4.69, 9.17) is 27.9 Å². The van der Waals surface area contributed by atoms with Gasteiger partial charge in [-0.2, -0.15) is 0 Å². The Labute approximate surface area is 177 Å². The van der Waals surface area contributed by atoms with Gasteiger partial charge in [0.1, 0.15) is 11.6 Å². The molecule has 154 valence electrons. The molecule has 0 unspecified atom stereocenters. The van der Waals surface area contributed by atoms with Gasteiger partial charge in [0.2, 0.25) is 0 Å². The van der Waals surface area contributed by atoms with E-state index in [0.717, 1.165) is 6.07 Å². The van der Waals surface area contributed by atoms with E-state index >= 15 is 0 Å². The maximum Gasteiger partial charge on any atom is 0.262 e. The van der Waals surface area contributed by atoms with Crippen LogP contribution >= 0.6 is 23.2 Å². The lowest BCUT2D eigenvalue weighted by atomic mass is 10.1. The van der Waals surface area contributed by atoms with Gasteiger partial charge in [0.15, 0.2) is 12.7 Å². The molecule has 3 N–H and O–H groups in total. The van der Waals surface area contributed by atoms with Gasteiger partial charge in [0.05, 0.1) is 5.02 Å². The van der Waals surface area contributed by atoms with Crippen LogP contribution < -0.4 is 15.4 Å². The minimum atomic E-state index is -1.33. The van der Waals surface area contributed by atoms with E-state index < -0.39 is 23.7 Å². The van der Waals surface area contributed by atoms with Crippen LogP contribution in [0.3, 0.4) is 0 Å². The number of aliphatic hydroxyl groups excluding tert-OH is 1. The van der Waals surface area contributed by atoms with Crippen LogP contribution in [-0.2, 0) is 9.59 Å². The number of halogens is 3. The van der Waals surface area contributed by atoms with Crippen molar-refractivity contribution < 1.29 is 23.8 Å². The lowest BCUT2D eigenvalue weighted by Crippen LogP contribution is -2.33. The van der Waals surface area contributed by atoms with Crippen LogP contribution in [0.4, 0.5) is 4.39 Å². The second-order valence-corrected chi connectivity index (χ2v) is 6.86. The number of hydrogen-bond acceptors (Lipinski definition) is 4. The van der Waals surface area contributed by atoms with Crippen molar-refractivity contribution in [3.63, 3.8) is 0 Å². The fourth-order valence-electron chi connectivity index (χ4n) is 2.24. The highest BCUT2D eigenvalue weighted by Gasteiger charge is 2.16. The predicted molar refractivity (Wildman–Crippen MR) is 108 cm³/mol. The van der Waals surface area contributed by atoms with Crippen molar-refractivity contribution in [1.82, 2.24) is 10.6 Å². The molecule has 29 heavy (non-hydrogen) atoms. The van der Waals surface area contributed by atoms with Crippen LogP contribution in [0.15, 0.2) is 54.7 Å². The summed E-state index contributed by atoms with van der Waals surface area (Å²) in [6.45, 7) is 3.50. The number of ether oxygens (including phenoxy) is 1. The van der Waals surface area contributed by atoms with Crippen molar-refractivity contribution >= 4 is 35.0 Å². The highest BCUT2D eigenvalue weighted by Crippen LogP contribution is 2.20. The van der Waals surface area contributed by atoms with Crippen molar-refractivity contribution in [3.05, 3.63) is 76.2 Å². The van der Waals surface area contributed by atoms with E-state index in [9.17, 15) is 19.1 Å². The summed E-state index contributed by atoms with van der Waals surface area (Å²) in [5.41, 5.74) is 0.761. The highest BCUT2D eigenvalue weighted by molar-refractivity contribution is 6.30. The summed E-state index contributed by atoms with van der Waals surface area (Å²) in [5, 5.41) is 15.5. The molecule has 2 rings (SSSR count). The van der Waals surface area contributed by atoms with Gasteiger partial charge in [-0.15, -0.1) is 0 Å². The molecule has 0 fully saturated rings. The second kappa shape index (κ2) is 10.8. The summed E-state index contributed by atoms with van der Waals surface area (Å²) in [5.74, 6) is -1.56. The van der Waals surface area contributed by atoms with E-state index in [1.165, 1.54) is 12.1 Å². The van der Waals surface area contributed by atoms with Gasteiger partial charge in [0, 0.05) is 29.8 Å². The minimum Gasteiger partial charge on any atom is -0.484 e. The first kappa shape index (κ1) is 22.7. The van der Waals surface area contributed by atoms with Crippen LogP contribution in [0, 0.1) is 5.82 Å². The maximum atomic E-state index is 13.3. The molecule has 9 heteroatoms. The molecule has 0 saturated heterocycles. The third-order valence-electron chi connectivity index (χ3n) is 3.74. The van der Waals surface area contributed by atoms with Crippen molar-refractivity contribution in [2.24, 2.45) is 0 Å². The lowest BCUT2D eigenvalue weighted by molar-refractivity contribution is -0.129. The molecule has 2 amide bonds. The Morgan fingerprint density at radius 2 is 1.86 bits per heavy atom. The fourth-order valence-corrected chi connectivity index (χ4v) is 2.48. The van der Waals surface area contributed by atoms with Crippen molar-refractivity contribution in [3.8, 4) is 5.75 Å². The topological polar surface area (TPSA) is 87.7 Å². The number of hydrogen-bond donors (Lipinski definition) is 3. The number of carbonyl (C=O) groups is 2. The zero-order valence-corrected chi connectivity index (χ0v) is 16.8. The number of nitrogens with one attached hydrogen (secondary N) is 2. The second-order valence-electron chi connectivity index (χ2n) is 6.01. The van der Waals surface area contributed by atoms with Crippen molar-refractivity contribution in [2.45, 2.75) is 12.5 Å². The molecule has 0 heterocycles. The first-order valence-electron chi connectivity index (χ1n) is 8.53. The average molecular weight is 441 g/mol. The molecule has 0 spiro atoms. The van der Waals surface area contributed by atoms with Crippen LogP contribution in [0.5, 0.6) is 5.75 Å². The monoisotopic (exact) mass is 440 g/mol. The Bertz CT molecular complexity index is 891. The highest BCUT2D eigenvalue weighted by atomic mass is 35.5. The summed E-state index contributed by atoms with van der Waals surface area (Å²) in [6, 6.07) is 10.1. The quantitative estimate of drug-likeness (QED) is 0.557. The van der Waals surface area contributed by atoms with E-state index in [0.29, 0.717) is 16.3 Å². The number of benzene rings is 2. The zero-order valence-electron chi connectivity index (χ0n) is 15.3. The smallest absolute Gasteiger partial charge is 0.262 e. The van der Waals surface area contributed by atoms with Crippen LogP contribution in [0.25, 0.3) is 0 Å². The Morgan fingerprint density at radius 3 is 2.52 bits per heavy atom. The van der Waals surface area contributed by atoms with Crippen molar-refractivity contribution in [2.75, 3.05) is 13.2 Å².